The number of hydrogen-bond acceptors (Lipinski definition) is 6. The van der Waals surface area contributed by atoms with Gasteiger partial charge in [-0.25, -0.2) is 4.79 Å². The molecule has 0 radical (unpaired) electrons. The van der Waals surface area contributed by atoms with Crippen molar-refractivity contribution < 1.29 is 28.6 Å². The van der Waals surface area contributed by atoms with E-state index in [1.165, 1.54) is 19.1 Å². The number of amides is 1. The van der Waals surface area contributed by atoms with Crippen molar-refractivity contribution in [3.05, 3.63) is 106 Å². The average molecular weight is 578 g/mol. The molecule has 0 saturated carbocycles. The Balaban J connectivity index is 1.97. The molecule has 0 aromatic heterocycles. The molecule has 1 aliphatic heterocycles. The Morgan fingerprint density at radius 3 is 2.13 bits per heavy atom. The molecule has 3 aromatic carbocycles. The number of esters is 1. The van der Waals surface area contributed by atoms with E-state index in [0.29, 0.717) is 22.6 Å². The predicted octanol–water partition coefficient (Wildman–Crippen LogP) is 5.96. The number of ketones is 1. The fraction of sp³-hybridized carbons (Fsp3) is 0.233. The molecule has 3 aromatic rings. The molecule has 196 valence electrons. The van der Waals surface area contributed by atoms with Crippen LogP contribution >= 0.6 is 15.9 Å². The number of methoxy groups -OCH3 is 2. The minimum absolute atomic E-state index is 0.155. The van der Waals surface area contributed by atoms with Gasteiger partial charge in [0.25, 0.3) is 5.91 Å². The molecule has 4 rings (SSSR count). The van der Waals surface area contributed by atoms with Crippen LogP contribution < -0.4 is 9.64 Å². The molecule has 0 saturated heterocycles. The summed E-state index contributed by atoms with van der Waals surface area (Å²) in [5.41, 5.74) is 1.81. The normalized spacial score (nSPS) is 16.0. The van der Waals surface area contributed by atoms with Gasteiger partial charge in [0.15, 0.2) is 11.5 Å². The molecule has 1 aliphatic rings. The molecule has 0 unspecified atom stereocenters. The Bertz CT molecular complexity index is 1370. The molecule has 2 atom stereocenters. The van der Waals surface area contributed by atoms with Crippen LogP contribution in [0.4, 0.5) is 5.69 Å². The minimum Gasteiger partial charge on any atom is -0.496 e. The molecule has 0 spiro atoms. The van der Waals surface area contributed by atoms with Crippen LogP contribution in [0.5, 0.6) is 5.75 Å². The fourth-order valence-corrected chi connectivity index (χ4v) is 4.69. The first-order valence-electron chi connectivity index (χ1n) is 12.1. The van der Waals surface area contributed by atoms with Gasteiger partial charge in [0.1, 0.15) is 5.75 Å². The number of benzene rings is 3. The standard InChI is InChI=1S/C30H28BrNO6/c1-18(2)26(33)24-25(22-12-8-9-13-23(22)36-3)32(21-16-14-20(31)15-17-21)29(34)28(24)38-27(30(35)37-4)19-10-6-5-7-11-19/h5-18,25,27H,1-4H3/t25-,27+/m1/s1. The summed E-state index contributed by atoms with van der Waals surface area (Å²) in [5, 5.41) is 0. The number of Topliss-reactive ketones (excluding diaryl/α,β-unsaturated/α-hetero) is 1. The summed E-state index contributed by atoms with van der Waals surface area (Å²) in [6.07, 6.45) is -1.25. The van der Waals surface area contributed by atoms with Crippen LogP contribution in [0.2, 0.25) is 0 Å². The summed E-state index contributed by atoms with van der Waals surface area (Å²) in [5.74, 6) is -1.65. The number of anilines is 1. The molecule has 0 aliphatic carbocycles. The minimum atomic E-state index is -1.25. The highest BCUT2D eigenvalue weighted by Gasteiger charge is 2.48. The Kier molecular flexibility index (Phi) is 8.32. The Morgan fingerprint density at radius 1 is 0.895 bits per heavy atom. The molecular weight excluding hydrogens is 550 g/mol. The number of ether oxygens (including phenoxy) is 3. The number of nitrogens with zero attached hydrogens (tertiary/aromatic N) is 1. The van der Waals surface area contributed by atoms with E-state index in [1.807, 2.05) is 30.3 Å². The lowest BCUT2D eigenvalue weighted by atomic mass is 9.90. The second-order valence-corrected chi connectivity index (χ2v) is 9.91. The first kappa shape index (κ1) is 27.1. The van der Waals surface area contributed by atoms with Crippen LogP contribution in [0.1, 0.15) is 37.1 Å². The fourth-order valence-electron chi connectivity index (χ4n) is 4.43. The van der Waals surface area contributed by atoms with Gasteiger partial charge in [-0.3, -0.25) is 14.5 Å². The molecule has 1 heterocycles. The molecule has 0 fully saturated rings. The van der Waals surface area contributed by atoms with Gasteiger partial charge >= 0.3 is 5.97 Å². The van der Waals surface area contributed by atoms with Gasteiger partial charge in [-0.15, -0.1) is 0 Å². The van der Waals surface area contributed by atoms with Crippen LogP contribution in [-0.4, -0.2) is 31.9 Å². The van der Waals surface area contributed by atoms with E-state index in [4.69, 9.17) is 14.2 Å². The van der Waals surface area contributed by atoms with Crippen molar-refractivity contribution in [2.45, 2.75) is 26.0 Å². The monoisotopic (exact) mass is 577 g/mol. The van der Waals surface area contributed by atoms with E-state index in [2.05, 4.69) is 15.9 Å². The average Bonchev–Trinajstić information content (AvgIpc) is 3.22. The third-order valence-corrected chi connectivity index (χ3v) is 6.80. The SMILES string of the molecule is COC(=O)[C@@H](OC1=C(C(=O)C(C)C)[C@@H](c2ccccc2OC)N(c2ccc(Br)cc2)C1=O)c1ccccc1. The van der Waals surface area contributed by atoms with Gasteiger partial charge < -0.3 is 14.2 Å². The van der Waals surface area contributed by atoms with E-state index < -0.39 is 29.9 Å². The topological polar surface area (TPSA) is 82.1 Å². The highest BCUT2D eigenvalue weighted by molar-refractivity contribution is 9.10. The maximum atomic E-state index is 14.2. The molecule has 0 bridgehead atoms. The van der Waals surface area contributed by atoms with Crippen LogP contribution in [0.3, 0.4) is 0 Å². The van der Waals surface area contributed by atoms with Crippen LogP contribution in [0.15, 0.2) is 94.7 Å². The van der Waals surface area contributed by atoms with E-state index in [1.54, 1.807) is 62.4 Å². The van der Waals surface area contributed by atoms with Gasteiger partial charge in [-0.1, -0.05) is 78.3 Å². The highest BCUT2D eigenvalue weighted by atomic mass is 79.9. The number of halogens is 1. The lowest BCUT2D eigenvalue weighted by Crippen LogP contribution is -2.32. The molecule has 8 heteroatoms. The van der Waals surface area contributed by atoms with E-state index in [0.717, 1.165) is 4.47 Å². The zero-order chi connectivity index (χ0) is 27.4. The lowest BCUT2D eigenvalue weighted by molar-refractivity contribution is -0.152. The van der Waals surface area contributed by atoms with Gasteiger partial charge in [0.05, 0.1) is 25.8 Å². The summed E-state index contributed by atoms with van der Waals surface area (Å²) in [7, 11) is 2.78. The van der Waals surface area contributed by atoms with Crippen molar-refractivity contribution in [1.82, 2.24) is 0 Å². The predicted molar refractivity (Wildman–Crippen MR) is 147 cm³/mol. The summed E-state index contributed by atoms with van der Waals surface area (Å²) in [6.45, 7) is 3.52. The largest absolute Gasteiger partial charge is 0.496 e. The van der Waals surface area contributed by atoms with Crippen molar-refractivity contribution in [2.75, 3.05) is 19.1 Å². The second-order valence-electron chi connectivity index (χ2n) is 8.99. The van der Waals surface area contributed by atoms with Crippen molar-refractivity contribution in [3.63, 3.8) is 0 Å². The third kappa shape index (κ3) is 5.22. The van der Waals surface area contributed by atoms with Gasteiger partial charge in [0, 0.05) is 27.2 Å². The smallest absolute Gasteiger partial charge is 0.351 e. The Hall–Kier alpha value is -3.91. The molecule has 1 amide bonds. The number of para-hydroxylation sites is 1. The van der Waals surface area contributed by atoms with Crippen molar-refractivity contribution >= 4 is 39.3 Å². The van der Waals surface area contributed by atoms with Crippen LogP contribution in [0.25, 0.3) is 0 Å². The maximum Gasteiger partial charge on any atom is 0.351 e. The van der Waals surface area contributed by atoms with E-state index in [-0.39, 0.29) is 17.1 Å². The Morgan fingerprint density at radius 2 is 1.53 bits per heavy atom. The quantitative estimate of drug-likeness (QED) is 0.292. The first-order chi connectivity index (χ1) is 18.3. The summed E-state index contributed by atoms with van der Waals surface area (Å²) in [6, 6.07) is 22.3. The molecule has 0 N–H and O–H groups in total. The van der Waals surface area contributed by atoms with E-state index in [9.17, 15) is 14.4 Å². The number of carbonyl (C=O) groups excluding carboxylic acids is 3. The summed E-state index contributed by atoms with van der Waals surface area (Å²) >= 11 is 3.44. The Labute approximate surface area is 230 Å². The second kappa shape index (κ2) is 11.6. The summed E-state index contributed by atoms with van der Waals surface area (Å²) in [4.78, 5) is 42.3. The van der Waals surface area contributed by atoms with Gasteiger partial charge in [0.2, 0.25) is 6.10 Å². The highest BCUT2D eigenvalue weighted by Crippen LogP contribution is 2.46. The zero-order valence-corrected chi connectivity index (χ0v) is 23.1. The van der Waals surface area contributed by atoms with Crippen LogP contribution in [0, 0.1) is 5.92 Å². The van der Waals surface area contributed by atoms with Crippen molar-refractivity contribution in [3.8, 4) is 5.75 Å². The number of rotatable bonds is 9. The van der Waals surface area contributed by atoms with E-state index >= 15 is 0 Å². The summed E-state index contributed by atoms with van der Waals surface area (Å²) < 4.78 is 17.7. The lowest BCUT2D eigenvalue weighted by Gasteiger charge is -2.28. The molecular formula is C30H28BrNO6. The molecule has 38 heavy (non-hydrogen) atoms. The zero-order valence-electron chi connectivity index (χ0n) is 21.5. The first-order valence-corrected chi connectivity index (χ1v) is 12.9. The van der Waals surface area contributed by atoms with Crippen molar-refractivity contribution in [2.24, 2.45) is 5.92 Å². The van der Waals surface area contributed by atoms with Crippen LogP contribution in [-0.2, 0) is 23.9 Å². The molecule has 7 nitrogen and oxygen atoms in total. The number of hydrogen-bond donors (Lipinski definition) is 0. The van der Waals surface area contributed by atoms with Gasteiger partial charge in [-0.2, -0.15) is 0 Å². The third-order valence-electron chi connectivity index (χ3n) is 6.27. The van der Waals surface area contributed by atoms with Crippen molar-refractivity contribution in [1.29, 1.82) is 0 Å². The number of carbonyl (C=O) groups is 3. The maximum absolute atomic E-state index is 14.2. The van der Waals surface area contributed by atoms with Gasteiger partial charge in [-0.05, 0) is 30.3 Å².